The molecule has 0 fully saturated rings. The molecule has 0 amide bonds. The van der Waals surface area contributed by atoms with E-state index >= 15 is 0 Å². The fraction of sp³-hybridized carbons (Fsp3) is 0.350. The molecule has 0 spiro atoms. The van der Waals surface area contributed by atoms with E-state index in [-0.39, 0.29) is 11.8 Å². The van der Waals surface area contributed by atoms with Gasteiger partial charge in [-0.2, -0.15) is 0 Å². The van der Waals surface area contributed by atoms with E-state index in [0.29, 0.717) is 24.5 Å². The summed E-state index contributed by atoms with van der Waals surface area (Å²) >= 11 is 0. The second kappa shape index (κ2) is 9.08. The third-order valence-corrected chi connectivity index (χ3v) is 4.06. The molecule has 0 aliphatic rings. The number of methoxy groups -OCH3 is 1. The fourth-order valence-electron chi connectivity index (χ4n) is 2.63. The van der Waals surface area contributed by atoms with E-state index in [0.717, 1.165) is 5.75 Å². The molecule has 2 aromatic carbocycles. The molecule has 2 N–H and O–H groups in total. The maximum Gasteiger partial charge on any atom is 0.166 e. The molecule has 5 heteroatoms. The van der Waals surface area contributed by atoms with Crippen molar-refractivity contribution in [3.63, 3.8) is 0 Å². The molecule has 0 heterocycles. The number of hydrogen-bond acceptors (Lipinski definition) is 4. The van der Waals surface area contributed by atoms with Crippen LogP contribution in [0, 0.1) is 0 Å². The topological polar surface area (TPSA) is 55.5 Å². The van der Waals surface area contributed by atoms with Crippen LogP contribution in [-0.2, 0) is 0 Å². The summed E-state index contributed by atoms with van der Waals surface area (Å²) in [5.74, 6) is 1.46. The SMILES string of the molecule is CCOc1cccc(C=NC[C@H](c2ccc(OC)cc2)[NH+](C)C)c1O. The van der Waals surface area contributed by atoms with Gasteiger partial charge in [-0.15, -0.1) is 0 Å². The van der Waals surface area contributed by atoms with Gasteiger partial charge in [-0.3, -0.25) is 4.99 Å². The Hall–Kier alpha value is -2.53. The molecule has 0 unspecified atom stereocenters. The quantitative estimate of drug-likeness (QED) is 0.722. The number of nitrogens with zero attached hydrogens (tertiary/aromatic N) is 1. The van der Waals surface area contributed by atoms with Crippen molar-refractivity contribution in [2.75, 3.05) is 34.4 Å². The first kappa shape index (κ1) is 18.8. The predicted molar refractivity (Wildman–Crippen MR) is 100 cm³/mol. The highest BCUT2D eigenvalue weighted by atomic mass is 16.5. The van der Waals surface area contributed by atoms with Crippen LogP contribution in [0.1, 0.15) is 24.1 Å². The minimum atomic E-state index is 0.131. The lowest BCUT2D eigenvalue weighted by Gasteiger charge is -2.20. The predicted octanol–water partition coefficient (Wildman–Crippen LogP) is 2.10. The molecule has 0 aliphatic carbocycles. The van der Waals surface area contributed by atoms with Crippen LogP contribution in [0.5, 0.6) is 17.2 Å². The number of quaternary nitrogens is 1. The van der Waals surface area contributed by atoms with Crippen molar-refractivity contribution >= 4 is 6.21 Å². The Balaban J connectivity index is 2.13. The van der Waals surface area contributed by atoms with Crippen LogP contribution in [0.15, 0.2) is 47.5 Å². The molecule has 134 valence electrons. The van der Waals surface area contributed by atoms with Gasteiger partial charge in [0.15, 0.2) is 11.5 Å². The molecule has 0 aliphatic heterocycles. The summed E-state index contributed by atoms with van der Waals surface area (Å²) < 4.78 is 10.6. The van der Waals surface area contributed by atoms with Crippen LogP contribution in [0.25, 0.3) is 0 Å². The van der Waals surface area contributed by atoms with Crippen molar-refractivity contribution in [1.29, 1.82) is 0 Å². The molecule has 0 saturated heterocycles. The van der Waals surface area contributed by atoms with Crippen molar-refractivity contribution < 1.29 is 19.5 Å². The molecule has 25 heavy (non-hydrogen) atoms. The number of likely N-dealkylation sites (N-methyl/N-ethyl adjacent to an activating group) is 1. The number of phenols is 1. The Morgan fingerprint density at radius 3 is 2.48 bits per heavy atom. The lowest BCUT2D eigenvalue weighted by molar-refractivity contribution is -0.890. The number of para-hydroxylation sites is 1. The van der Waals surface area contributed by atoms with Gasteiger partial charge in [-0.1, -0.05) is 6.07 Å². The fourth-order valence-corrected chi connectivity index (χ4v) is 2.63. The summed E-state index contributed by atoms with van der Waals surface area (Å²) in [4.78, 5) is 5.84. The molecular formula is C20H27N2O3+. The van der Waals surface area contributed by atoms with Crippen molar-refractivity contribution in [3.8, 4) is 17.2 Å². The molecule has 0 radical (unpaired) electrons. The molecule has 2 aromatic rings. The molecule has 0 bridgehead atoms. The minimum Gasteiger partial charge on any atom is -0.504 e. The second-order valence-corrected chi connectivity index (χ2v) is 6.02. The molecule has 0 aromatic heterocycles. The number of ether oxygens (including phenoxy) is 2. The van der Waals surface area contributed by atoms with Crippen molar-refractivity contribution in [2.24, 2.45) is 4.99 Å². The maximum atomic E-state index is 10.2. The number of rotatable bonds is 8. The highest BCUT2D eigenvalue weighted by Gasteiger charge is 2.17. The number of aliphatic imine (C=N–C) groups is 1. The zero-order valence-electron chi connectivity index (χ0n) is 15.3. The van der Waals surface area contributed by atoms with Gasteiger partial charge in [-0.05, 0) is 43.3 Å². The number of benzene rings is 2. The van der Waals surface area contributed by atoms with E-state index < -0.39 is 0 Å². The maximum absolute atomic E-state index is 10.2. The Kier molecular flexibility index (Phi) is 6.83. The van der Waals surface area contributed by atoms with E-state index in [1.807, 2.05) is 31.2 Å². The summed E-state index contributed by atoms with van der Waals surface area (Å²) in [6.07, 6.45) is 1.71. The third kappa shape index (κ3) is 4.97. The van der Waals surface area contributed by atoms with E-state index in [4.69, 9.17) is 9.47 Å². The zero-order chi connectivity index (χ0) is 18.2. The van der Waals surface area contributed by atoms with Crippen LogP contribution >= 0.6 is 0 Å². The lowest BCUT2D eigenvalue weighted by atomic mass is 10.1. The summed E-state index contributed by atoms with van der Waals surface area (Å²) in [6.45, 7) is 3.02. The summed E-state index contributed by atoms with van der Waals surface area (Å²) in [5.41, 5.74) is 1.86. The number of nitrogens with one attached hydrogen (secondary N) is 1. The largest absolute Gasteiger partial charge is 0.504 e. The molecule has 0 saturated carbocycles. The smallest absolute Gasteiger partial charge is 0.166 e. The Morgan fingerprint density at radius 2 is 1.88 bits per heavy atom. The van der Waals surface area contributed by atoms with Gasteiger partial charge in [0.05, 0.1) is 34.4 Å². The van der Waals surface area contributed by atoms with Crippen LogP contribution in [-0.4, -0.2) is 45.7 Å². The molecule has 1 atom stereocenters. The van der Waals surface area contributed by atoms with Gasteiger partial charge in [0.25, 0.3) is 0 Å². The van der Waals surface area contributed by atoms with Gasteiger partial charge >= 0.3 is 0 Å². The average Bonchev–Trinajstić information content (AvgIpc) is 2.61. The van der Waals surface area contributed by atoms with Crippen LogP contribution in [0.4, 0.5) is 0 Å². The Labute approximate surface area is 149 Å². The van der Waals surface area contributed by atoms with Crippen molar-refractivity contribution in [2.45, 2.75) is 13.0 Å². The van der Waals surface area contributed by atoms with Gasteiger partial charge in [0.1, 0.15) is 11.8 Å². The lowest BCUT2D eigenvalue weighted by Crippen LogP contribution is -3.06. The first-order chi connectivity index (χ1) is 12.1. The normalized spacial score (nSPS) is 12.5. The van der Waals surface area contributed by atoms with Gasteiger partial charge in [-0.25, -0.2) is 0 Å². The highest BCUT2D eigenvalue weighted by Crippen LogP contribution is 2.28. The molecular weight excluding hydrogens is 316 g/mol. The minimum absolute atomic E-state index is 0.131. The Bertz CT molecular complexity index is 697. The van der Waals surface area contributed by atoms with Gasteiger partial charge < -0.3 is 19.5 Å². The number of aromatic hydroxyl groups is 1. The van der Waals surface area contributed by atoms with E-state index in [1.165, 1.54) is 10.5 Å². The summed E-state index contributed by atoms with van der Waals surface area (Å²) in [7, 11) is 5.88. The number of phenolic OH excluding ortho intramolecular Hbond substituents is 1. The highest BCUT2D eigenvalue weighted by molar-refractivity contribution is 5.84. The second-order valence-electron chi connectivity index (χ2n) is 6.02. The van der Waals surface area contributed by atoms with E-state index in [9.17, 15) is 5.11 Å². The van der Waals surface area contributed by atoms with Crippen LogP contribution < -0.4 is 14.4 Å². The first-order valence-electron chi connectivity index (χ1n) is 8.45. The third-order valence-electron chi connectivity index (χ3n) is 4.06. The van der Waals surface area contributed by atoms with E-state index in [1.54, 1.807) is 19.4 Å². The molecule has 2 rings (SSSR count). The summed E-state index contributed by atoms with van der Waals surface area (Å²) in [6, 6.07) is 13.7. The van der Waals surface area contributed by atoms with E-state index in [2.05, 4.69) is 31.2 Å². The number of hydrogen-bond donors (Lipinski definition) is 2. The Morgan fingerprint density at radius 1 is 1.16 bits per heavy atom. The van der Waals surface area contributed by atoms with Gasteiger partial charge in [0.2, 0.25) is 0 Å². The van der Waals surface area contributed by atoms with Crippen LogP contribution in [0.2, 0.25) is 0 Å². The standard InChI is InChI=1S/C20H26N2O3/c1-5-25-19-8-6-7-16(20(19)23)13-21-14-18(22(2)3)15-9-11-17(24-4)12-10-15/h6-13,18,23H,5,14H2,1-4H3/p+1/t18-/m1/s1. The molecule has 5 nitrogen and oxygen atoms in total. The van der Waals surface area contributed by atoms with Crippen molar-refractivity contribution in [3.05, 3.63) is 53.6 Å². The van der Waals surface area contributed by atoms with Gasteiger partial charge in [0, 0.05) is 17.3 Å². The monoisotopic (exact) mass is 343 g/mol. The summed E-state index contributed by atoms with van der Waals surface area (Å²) in [5, 5.41) is 10.2. The first-order valence-corrected chi connectivity index (χ1v) is 8.45. The van der Waals surface area contributed by atoms with Crippen LogP contribution in [0.3, 0.4) is 0 Å². The zero-order valence-corrected chi connectivity index (χ0v) is 15.3. The van der Waals surface area contributed by atoms with Crippen molar-refractivity contribution in [1.82, 2.24) is 0 Å². The average molecular weight is 343 g/mol.